The number of ether oxygens (including phenoxy) is 2. The lowest BCUT2D eigenvalue weighted by Crippen LogP contribution is -2.44. The first-order chi connectivity index (χ1) is 11.2. The highest BCUT2D eigenvalue weighted by atomic mass is 19.1. The molecule has 2 atom stereocenters. The molecule has 1 aromatic carbocycles. The molecule has 6 heteroatoms. The Labute approximate surface area is 135 Å². The van der Waals surface area contributed by atoms with Crippen LogP contribution >= 0.6 is 0 Å². The van der Waals surface area contributed by atoms with Crippen LogP contribution in [0.15, 0.2) is 24.3 Å². The van der Waals surface area contributed by atoms with Gasteiger partial charge in [0.25, 0.3) is 0 Å². The molecule has 0 unspecified atom stereocenters. The van der Waals surface area contributed by atoms with E-state index in [1.54, 1.807) is 17.0 Å². The van der Waals surface area contributed by atoms with Gasteiger partial charge in [-0.25, -0.2) is 9.18 Å². The summed E-state index contributed by atoms with van der Waals surface area (Å²) in [5, 5.41) is 2.77. The first-order valence-electron chi connectivity index (χ1n) is 8.25. The number of nitrogens with zero attached hydrogens (tertiary/aromatic N) is 1. The second kappa shape index (κ2) is 7.75. The van der Waals surface area contributed by atoms with Gasteiger partial charge in [-0.2, -0.15) is 0 Å². The van der Waals surface area contributed by atoms with Crippen molar-refractivity contribution in [3.05, 3.63) is 30.1 Å². The number of anilines is 1. The number of amides is 2. The number of halogens is 1. The minimum atomic E-state index is -0.368. The third kappa shape index (κ3) is 4.65. The van der Waals surface area contributed by atoms with Gasteiger partial charge >= 0.3 is 6.03 Å². The van der Waals surface area contributed by atoms with Crippen molar-refractivity contribution in [2.24, 2.45) is 0 Å². The fraction of sp³-hybridized carbons (Fsp3) is 0.588. The fourth-order valence-electron chi connectivity index (χ4n) is 3.08. The number of hydrogen-bond donors (Lipinski definition) is 1. The van der Waals surface area contributed by atoms with Crippen molar-refractivity contribution in [1.82, 2.24) is 4.90 Å². The summed E-state index contributed by atoms with van der Waals surface area (Å²) in [4.78, 5) is 14.3. The number of hydrogen-bond acceptors (Lipinski definition) is 3. The predicted octanol–water partition coefficient (Wildman–Crippen LogP) is 3.02. The van der Waals surface area contributed by atoms with Gasteiger partial charge in [0.1, 0.15) is 5.82 Å². The highest BCUT2D eigenvalue weighted by Gasteiger charge is 2.27. The summed E-state index contributed by atoms with van der Waals surface area (Å²) in [6, 6.07) is 5.69. The maximum absolute atomic E-state index is 13.3. The quantitative estimate of drug-likeness (QED) is 0.906. The maximum atomic E-state index is 13.3. The first-order valence-corrected chi connectivity index (χ1v) is 8.25. The Hall–Kier alpha value is -1.66. The van der Waals surface area contributed by atoms with Crippen molar-refractivity contribution in [2.75, 3.05) is 31.6 Å². The molecule has 0 aromatic heterocycles. The van der Waals surface area contributed by atoms with Crippen LogP contribution in [0.3, 0.4) is 0 Å². The molecule has 126 valence electrons. The Kier molecular flexibility index (Phi) is 5.46. The molecule has 5 nitrogen and oxygen atoms in total. The summed E-state index contributed by atoms with van der Waals surface area (Å²) in [6.45, 7) is 2.59. The zero-order valence-corrected chi connectivity index (χ0v) is 13.2. The lowest BCUT2D eigenvalue weighted by molar-refractivity contribution is 0.0524. The van der Waals surface area contributed by atoms with E-state index in [1.807, 2.05) is 0 Å². The Morgan fingerprint density at radius 3 is 2.35 bits per heavy atom. The van der Waals surface area contributed by atoms with Crippen LogP contribution in [0.25, 0.3) is 0 Å². The average molecular weight is 322 g/mol. The van der Waals surface area contributed by atoms with Gasteiger partial charge in [-0.3, -0.25) is 0 Å². The molecule has 23 heavy (non-hydrogen) atoms. The second-order valence-corrected chi connectivity index (χ2v) is 6.12. The molecule has 2 aliphatic heterocycles. The lowest BCUT2D eigenvalue weighted by atomic mass is 10.2. The molecule has 0 saturated carbocycles. The van der Waals surface area contributed by atoms with Crippen molar-refractivity contribution in [2.45, 2.75) is 37.9 Å². The highest BCUT2D eigenvalue weighted by molar-refractivity contribution is 5.89. The van der Waals surface area contributed by atoms with E-state index in [4.69, 9.17) is 9.47 Å². The van der Waals surface area contributed by atoms with E-state index < -0.39 is 0 Å². The molecule has 0 aliphatic carbocycles. The molecular weight excluding hydrogens is 299 g/mol. The van der Waals surface area contributed by atoms with Gasteiger partial charge in [0.2, 0.25) is 0 Å². The summed E-state index contributed by atoms with van der Waals surface area (Å²) in [5.74, 6) is -0.368. The Morgan fingerprint density at radius 2 is 1.83 bits per heavy atom. The number of carbonyl (C=O) groups excluding carboxylic acids is 1. The van der Waals surface area contributed by atoms with Crippen LogP contribution in [0.4, 0.5) is 14.9 Å². The summed E-state index contributed by atoms with van der Waals surface area (Å²) in [6.07, 6.45) is 4.16. The van der Waals surface area contributed by atoms with Gasteiger partial charge in [-0.15, -0.1) is 0 Å². The van der Waals surface area contributed by atoms with Crippen molar-refractivity contribution in [3.8, 4) is 0 Å². The van der Waals surface area contributed by atoms with Crippen LogP contribution in [-0.2, 0) is 9.47 Å². The molecule has 2 fully saturated rings. The minimum absolute atomic E-state index is 0.0784. The van der Waals surface area contributed by atoms with Gasteiger partial charge < -0.3 is 19.7 Å². The summed E-state index contributed by atoms with van der Waals surface area (Å²) >= 11 is 0. The third-order valence-electron chi connectivity index (χ3n) is 4.26. The van der Waals surface area contributed by atoms with E-state index in [0.717, 1.165) is 38.9 Å². The smallest absolute Gasteiger partial charge is 0.322 e. The lowest BCUT2D eigenvalue weighted by Gasteiger charge is -2.28. The van der Waals surface area contributed by atoms with E-state index in [1.165, 1.54) is 12.1 Å². The third-order valence-corrected chi connectivity index (χ3v) is 4.26. The standard InChI is InChI=1S/C17H23FN2O3/c18-13-4-1-5-14(10-13)19-17(21)20(11-15-6-2-8-22-15)12-16-7-3-9-23-16/h1,4-5,10,15-16H,2-3,6-9,11-12H2,(H,19,21)/t15-,16-/m1/s1. The van der Waals surface area contributed by atoms with Gasteiger partial charge in [0, 0.05) is 32.0 Å². The average Bonchev–Trinajstić information content (AvgIpc) is 3.20. The van der Waals surface area contributed by atoms with Gasteiger partial charge in [0.15, 0.2) is 0 Å². The largest absolute Gasteiger partial charge is 0.376 e. The molecule has 0 spiro atoms. The van der Waals surface area contributed by atoms with E-state index >= 15 is 0 Å². The number of benzene rings is 1. The van der Waals surface area contributed by atoms with Gasteiger partial charge in [-0.05, 0) is 43.9 Å². The summed E-state index contributed by atoms with van der Waals surface area (Å²) in [5.41, 5.74) is 0.458. The minimum Gasteiger partial charge on any atom is -0.376 e. The molecule has 1 aromatic rings. The molecular formula is C17H23FN2O3. The van der Waals surface area contributed by atoms with Crippen molar-refractivity contribution >= 4 is 11.7 Å². The van der Waals surface area contributed by atoms with Crippen LogP contribution in [0.1, 0.15) is 25.7 Å². The zero-order chi connectivity index (χ0) is 16.1. The van der Waals surface area contributed by atoms with E-state index in [0.29, 0.717) is 18.8 Å². The normalized spacial score (nSPS) is 23.9. The highest BCUT2D eigenvalue weighted by Crippen LogP contribution is 2.18. The number of carbonyl (C=O) groups is 1. The number of urea groups is 1. The Morgan fingerprint density at radius 1 is 1.17 bits per heavy atom. The topological polar surface area (TPSA) is 50.8 Å². The maximum Gasteiger partial charge on any atom is 0.322 e. The second-order valence-electron chi connectivity index (χ2n) is 6.12. The molecule has 0 bridgehead atoms. The van der Waals surface area contributed by atoms with Gasteiger partial charge in [-0.1, -0.05) is 6.07 Å². The summed E-state index contributed by atoms with van der Waals surface area (Å²) < 4.78 is 24.6. The first kappa shape index (κ1) is 16.2. The molecule has 3 rings (SSSR count). The van der Waals surface area contributed by atoms with Crippen LogP contribution < -0.4 is 5.32 Å². The fourth-order valence-corrected chi connectivity index (χ4v) is 3.08. The molecule has 0 radical (unpaired) electrons. The van der Waals surface area contributed by atoms with E-state index in [9.17, 15) is 9.18 Å². The molecule has 1 N–H and O–H groups in total. The number of nitrogens with one attached hydrogen (secondary N) is 1. The van der Waals surface area contributed by atoms with Crippen LogP contribution in [0, 0.1) is 5.82 Å². The van der Waals surface area contributed by atoms with E-state index in [-0.39, 0.29) is 24.1 Å². The SMILES string of the molecule is O=C(Nc1cccc(F)c1)N(C[C@H]1CCCO1)C[C@H]1CCCO1. The number of rotatable bonds is 5. The molecule has 2 amide bonds. The molecule has 2 aliphatic rings. The van der Waals surface area contributed by atoms with Crippen LogP contribution in [-0.4, -0.2) is 49.4 Å². The predicted molar refractivity (Wildman–Crippen MR) is 84.9 cm³/mol. The molecule has 2 saturated heterocycles. The van der Waals surface area contributed by atoms with Gasteiger partial charge in [0.05, 0.1) is 12.2 Å². The Bertz CT molecular complexity index is 510. The zero-order valence-electron chi connectivity index (χ0n) is 13.2. The van der Waals surface area contributed by atoms with Crippen LogP contribution in [0.2, 0.25) is 0 Å². The van der Waals surface area contributed by atoms with E-state index in [2.05, 4.69) is 5.32 Å². The Balaban J connectivity index is 1.63. The monoisotopic (exact) mass is 322 g/mol. The van der Waals surface area contributed by atoms with Crippen LogP contribution in [0.5, 0.6) is 0 Å². The van der Waals surface area contributed by atoms with Crippen molar-refractivity contribution in [1.29, 1.82) is 0 Å². The summed E-state index contributed by atoms with van der Waals surface area (Å²) in [7, 11) is 0. The van der Waals surface area contributed by atoms with Crippen molar-refractivity contribution in [3.63, 3.8) is 0 Å². The van der Waals surface area contributed by atoms with Crippen molar-refractivity contribution < 1.29 is 18.7 Å². The molecule has 2 heterocycles.